The molecular weight excluding hydrogens is 214 g/mol. The second kappa shape index (κ2) is 5.63. The second-order valence-electron chi connectivity index (χ2n) is 4.92. The Kier molecular flexibility index (Phi) is 4.15. The molecule has 1 aromatic rings. The van der Waals surface area contributed by atoms with E-state index in [1.54, 1.807) is 0 Å². The number of ether oxygens (including phenoxy) is 1. The van der Waals surface area contributed by atoms with Crippen molar-refractivity contribution < 1.29 is 9.84 Å². The third-order valence-electron chi connectivity index (χ3n) is 3.57. The van der Waals surface area contributed by atoms with Crippen molar-refractivity contribution in [1.29, 1.82) is 0 Å². The summed E-state index contributed by atoms with van der Waals surface area (Å²) in [5.74, 6) is 0. The van der Waals surface area contributed by atoms with Gasteiger partial charge in [-0.15, -0.1) is 0 Å². The summed E-state index contributed by atoms with van der Waals surface area (Å²) < 4.78 is 5.85. The van der Waals surface area contributed by atoms with Gasteiger partial charge in [0.1, 0.15) is 0 Å². The standard InChI is InChI=1S/C14H21NO2/c15-11-14(16)8-6-13(7-9-14)17-10-12-4-2-1-3-5-12/h1-5,13,16H,6-11,15H2. The molecule has 0 aliphatic heterocycles. The van der Waals surface area contributed by atoms with Crippen molar-refractivity contribution in [3.63, 3.8) is 0 Å². The van der Waals surface area contributed by atoms with Crippen molar-refractivity contribution in [3.05, 3.63) is 35.9 Å². The van der Waals surface area contributed by atoms with Crippen LogP contribution in [-0.4, -0.2) is 23.4 Å². The average molecular weight is 235 g/mol. The fourth-order valence-corrected chi connectivity index (χ4v) is 2.29. The topological polar surface area (TPSA) is 55.5 Å². The maximum atomic E-state index is 10.0. The molecule has 1 saturated carbocycles. The number of hydrogen-bond donors (Lipinski definition) is 2. The van der Waals surface area contributed by atoms with E-state index in [1.807, 2.05) is 18.2 Å². The molecule has 1 fully saturated rings. The minimum atomic E-state index is -0.646. The Balaban J connectivity index is 1.75. The number of aliphatic hydroxyl groups is 1. The zero-order valence-corrected chi connectivity index (χ0v) is 10.1. The summed E-state index contributed by atoms with van der Waals surface area (Å²) in [6.07, 6.45) is 3.58. The lowest BCUT2D eigenvalue weighted by molar-refractivity contribution is -0.0554. The predicted octanol–water partition coefficient (Wildman–Crippen LogP) is 1.84. The molecule has 0 bridgehead atoms. The highest BCUT2D eigenvalue weighted by Crippen LogP contribution is 2.29. The van der Waals surface area contributed by atoms with E-state index < -0.39 is 5.60 Å². The number of hydrogen-bond acceptors (Lipinski definition) is 3. The average Bonchev–Trinajstić information content (AvgIpc) is 2.39. The van der Waals surface area contributed by atoms with Crippen molar-refractivity contribution in [1.82, 2.24) is 0 Å². The highest BCUT2D eigenvalue weighted by atomic mass is 16.5. The van der Waals surface area contributed by atoms with Gasteiger partial charge in [0.05, 0.1) is 18.3 Å². The van der Waals surface area contributed by atoms with E-state index >= 15 is 0 Å². The van der Waals surface area contributed by atoms with Crippen molar-refractivity contribution in [2.75, 3.05) is 6.54 Å². The molecule has 0 atom stereocenters. The molecule has 0 spiro atoms. The van der Waals surface area contributed by atoms with Crippen LogP contribution in [0.5, 0.6) is 0 Å². The largest absolute Gasteiger partial charge is 0.389 e. The number of benzene rings is 1. The van der Waals surface area contributed by atoms with Crippen LogP contribution < -0.4 is 5.73 Å². The zero-order chi connectivity index (χ0) is 12.1. The molecule has 0 aromatic heterocycles. The third-order valence-corrected chi connectivity index (χ3v) is 3.57. The Bertz CT molecular complexity index is 331. The van der Waals surface area contributed by atoms with Crippen molar-refractivity contribution in [2.45, 2.75) is 44.0 Å². The van der Waals surface area contributed by atoms with E-state index in [2.05, 4.69) is 12.1 Å². The van der Waals surface area contributed by atoms with Crippen LogP contribution in [0.25, 0.3) is 0 Å². The van der Waals surface area contributed by atoms with Gasteiger partial charge in [-0.2, -0.15) is 0 Å². The first-order chi connectivity index (χ1) is 8.22. The Morgan fingerprint density at radius 3 is 2.47 bits per heavy atom. The summed E-state index contributed by atoms with van der Waals surface area (Å²) in [6.45, 7) is 1.02. The predicted molar refractivity (Wildman–Crippen MR) is 67.5 cm³/mol. The first-order valence-electron chi connectivity index (χ1n) is 6.30. The molecule has 0 radical (unpaired) electrons. The van der Waals surface area contributed by atoms with Gasteiger partial charge in [0.15, 0.2) is 0 Å². The van der Waals surface area contributed by atoms with Gasteiger partial charge in [-0.25, -0.2) is 0 Å². The van der Waals surface area contributed by atoms with Gasteiger partial charge < -0.3 is 15.6 Å². The zero-order valence-electron chi connectivity index (χ0n) is 10.1. The number of nitrogens with two attached hydrogens (primary N) is 1. The Labute approximate surface area is 103 Å². The van der Waals surface area contributed by atoms with E-state index in [9.17, 15) is 5.11 Å². The smallest absolute Gasteiger partial charge is 0.0771 e. The van der Waals surface area contributed by atoms with E-state index in [0.29, 0.717) is 13.2 Å². The summed E-state index contributed by atoms with van der Waals surface area (Å²) in [7, 11) is 0. The van der Waals surface area contributed by atoms with E-state index in [0.717, 1.165) is 25.7 Å². The summed E-state index contributed by atoms with van der Waals surface area (Å²) in [4.78, 5) is 0. The van der Waals surface area contributed by atoms with Gasteiger partial charge in [0, 0.05) is 6.54 Å². The molecule has 0 amide bonds. The highest BCUT2D eigenvalue weighted by Gasteiger charge is 2.32. The quantitative estimate of drug-likeness (QED) is 0.837. The van der Waals surface area contributed by atoms with Gasteiger partial charge in [0.2, 0.25) is 0 Å². The molecule has 0 saturated heterocycles. The van der Waals surface area contributed by atoms with Crippen molar-refractivity contribution in [2.24, 2.45) is 5.73 Å². The van der Waals surface area contributed by atoms with Gasteiger partial charge >= 0.3 is 0 Å². The fourth-order valence-electron chi connectivity index (χ4n) is 2.29. The summed E-state index contributed by atoms with van der Waals surface area (Å²) in [6, 6.07) is 10.2. The van der Waals surface area contributed by atoms with E-state index in [1.165, 1.54) is 5.56 Å². The van der Waals surface area contributed by atoms with E-state index in [-0.39, 0.29) is 6.10 Å². The second-order valence-corrected chi connectivity index (χ2v) is 4.92. The Hall–Kier alpha value is -0.900. The molecule has 2 rings (SSSR count). The van der Waals surface area contributed by atoms with Crippen LogP contribution in [-0.2, 0) is 11.3 Å². The van der Waals surface area contributed by atoms with E-state index in [4.69, 9.17) is 10.5 Å². The maximum absolute atomic E-state index is 10.0. The normalized spacial score (nSPS) is 29.2. The molecular formula is C14H21NO2. The lowest BCUT2D eigenvalue weighted by atomic mass is 9.83. The van der Waals surface area contributed by atoms with Crippen molar-refractivity contribution in [3.8, 4) is 0 Å². The summed E-state index contributed by atoms with van der Waals surface area (Å²) >= 11 is 0. The molecule has 1 aromatic carbocycles. The van der Waals surface area contributed by atoms with Crippen LogP contribution >= 0.6 is 0 Å². The lowest BCUT2D eigenvalue weighted by Gasteiger charge is -2.34. The van der Waals surface area contributed by atoms with Crippen LogP contribution in [0.3, 0.4) is 0 Å². The van der Waals surface area contributed by atoms with Gasteiger partial charge in [-0.3, -0.25) is 0 Å². The molecule has 0 heterocycles. The molecule has 17 heavy (non-hydrogen) atoms. The maximum Gasteiger partial charge on any atom is 0.0771 e. The minimum Gasteiger partial charge on any atom is -0.389 e. The summed E-state index contributed by atoms with van der Waals surface area (Å²) in [5, 5.41) is 10.0. The molecule has 0 unspecified atom stereocenters. The van der Waals surface area contributed by atoms with Crippen LogP contribution in [0, 0.1) is 0 Å². The van der Waals surface area contributed by atoms with Crippen molar-refractivity contribution >= 4 is 0 Å². The Morgan fingerprint density at radius 1 is 1.24 bits per heavy atom. The molecule has 3 nitrogen and oxygen atoms in total. The first kappa shape index (κ1) is 12.6. The van der Waals surface area contributed by atoms with Gasteiger partial charge in [-0.05, 0) is 31.2 Å². The molecule has 3 N–H and O–H groups in total. The highest BCUT2D eigenvalue weighted by molar-refractivity contribution is 5.13. The van der Waals surface area contributed by atoms with Gasteiger partial charge in [0.25, 0.3) is 0 Å². The minimum absolute atomic E-state index is 0.266. The molecule has 1 aliphatic rings. The molecule has 94 valence electrons. The molecule has 3 heteroatoms. The first-order valence-corrected chi connectivity index (χ1v) is 6.30. The van der Waals surface area contributed by atoms with Crippen LogP contribution in [0.4, 0.5) is 0 Å². The van der Waals surface area contributed by atoms with Crippen LogP contribution in [0.15, 0.2) is 30.3 Å². The SMILES string of the molecule is NCC1(O)CCC(OCc2ccccc2)CC1. The fraction of sp³-hybridized carbons (Fsp3) is 0.571. The van der Waals surface area contributed by atoms with Crippen LogP contribution in [0.1, 0.15) is 31.2 Å². The van der Waals surface area contributed by atoms with Crippen LogP contribution in [0.2, 0.25) is 0 Å². The summed E-state index contributed by atoms with van der Waals surface area (Å²) in [5.41, 5.74) is 6.11. The monoisotopic (exact) mass is 235 g/mol. The molecule has 1 aliphatic carbocycles. The van der Waals surface area contributed by atoms with Gasteiger partial charge in [-0.1, -0.05) is 30.3 Å². The number of rotatable bonds is 4. The lowest BCUT2D eigenvalue weighted by Crippen LogP contribution is -2.42. The Morgan fingerprint density at radius 2 is 1.88 bits per heavy atom. The third kappa shape index (κ3) is 3.53.